The molecule has 0 spiro atoms. The van der Waals surface area contributed by atoms with Crippen LogP contribution in [0, 0.1) is 0 Å². The Morgan fingerprint density at radius 3 is 2.31 bits per heavy atom. The van der Waals surface area contributed by atoms with Gasteiger partial charge in [0.1, 0.15) is 0 Å². The molecule has 0 fully saturated rings. The Kier molecular flexibility index (Phi) is 3.43. The van der Waals surface area contributed by atoms with Gasteiger partial charge >= 0.3 is 0 Å². The molecule has 0 saturated heterocycles. The molecule has 0 bridgehead atoms. The summed E-state index contributed by atoms with van der Waals surface area (Å²) in [5, 5.41) is 0. The first-order valence-corrected chi connectivity index (χ1v) is 4.63. The van der Waals surface area contributed by atoms with Crippen LogP contribution in [0.2, 0.25) is 0 Å². The lowest BCUT2D eigenvalue weighted by molar-refractivity contribution is 0.119. The van der Waals surface area contributed by atoms with Crippen molar-refractivity contribution in [3.8, 4) is 0 Å². The van der Waals surface area contributed by atoms with Gasteiger partial charge in [-0.05, 0) is 24.5 Å². The molecule has 0 radical (unpaired) electrons. The van der Waals surface area contributed by atoms with E-state index < -0.39 is 0 Å². The van der Waals surface area contributed by atoms with E-state index in [2.05, 4.69) is 31.0 Å². The van der Waals surface area contributed by atoms with Crippen LogP contribution in [0.5, 0.6) is 0 Å². The first-order valence-electron chi connectivity index (χ1n) is 4.63. The van der Waals surface area contributed by atoms with Gasteiger partial charge in [0.25, 0.3) is 0 Å². The molecule has 0 aliphatic rings. The van der Waals surface area contributed by atoms with Gasteiger partial charge in [-0.15, -0.1) is 0 Å². The highest BCUT2D eigenvalue weighted by molar-refractivity contribution is 5.17. The van der Waals surface area contributed by atoms with Crippen LogP contribution in [0.1, 0.15) is 44.1 Å². The lowest BCUT2D eigenvalue weighted by atomic mass is 10.1. The average Bonchev–Trinajstić information content (AvgIpc) is 2.17. The highest BCUT2D eigenvalue weighted by Crippen LogP contribution is 2.17. The predicted octanol–water partition coefficient (Wildman–Crippen LogP) is 2.91. The smallest absolute Gasteiger partial charge is 0.0807 e. The fourth-order valence-electron chi connectivity index (χ4n) is 1.13. The van der Waals surface area contributed by atoms with Crippen molar-refractivity contribution in [3.05, 3.63) is 29.6 Å². The zero-order chi connectivity index (χ0) is 9.84. The van der Waals surface area contributed by atoms with Crippen molar-refractivity contribution < 1.29 is 4.74 Å². The molecule has 0 N–H and O–H groups in total. The van der Waals surface area contributed by atoms with Crippen LogP contribution in [-0.4, -0.2) is 12.1 Å². The summed E-state index contributed by atoms with van der Waals surface area (Å²) >= 11 is 0. The van der Waals surface area contributed by atoms with Crippen molar-refractivity contribution >= 4 is 0 Å². The van der Waals surface area contributed by atoms with E-state index in [0.717, 1.165) is 11.3 Å². The molecule has 1 aromatic heterocycles. The lowest BCUT2D eigenvalue weighted by Crippen LogP contribution is -1.98. The van der Waals surface area contributed by atoms with E-state index in [4.69, 9.17) is 4.74 Å². The van der Waals surface area contributed by atoms with Crippen molar-refractivity contribution in [2.24, 2.45) is 0 Å². The zero-order valence-electron chi connectivity index (χ0n) is 8.74. The van der Waals surface area contributed by atoms with E-state index in [0.29, 0.717) is 5.92 Å². The van der Waals surface area contributed by atoms with Crippen LogP contribution < -0.4 is 0 Å². The number of nitrogens with zero attached hydrogens (tertiary/aromatic N) is 1. The summed E-state index contributed by atoms with van der Waals surface area (Å²) in [6.07, 6.45) is 2.03. The maximum atomic E-state index is 5.20. The third-order valence-electron chi connectivity index (χ3n) is 2.22. The van der Waals surface area contributed by atoms with Gasteiger partial charge in [-0.2, -0.15) is 0 Å². The normalized spacial score (nSPS) is 13.3. The van der Waals surface area contributed by atoms with E-state index in [1.54, 1.807) is 7.11 Å². The molecule has 1 unspecified atom stereocenters. The summed E-state index contributed by atoms with van der Waals surface area (Å²) in [4.78, 5) is 4.37. The molecule has 0 saturated carbocycles. The van der Waals surface area contributed by atoms with Crippen LogP contribution in [0.25, 0.3) is 0 Å². The fraction of sp³-hybridized carbons (Fsp3) is 0.545. The molecule has 1 heterocycles. The van der Waals surface area contributed by atoms with Crippen molar-refractivity contribution in [2.45, 2.75) is 32.8 Å². The second kappa shape index (κ2) is 4.38. The van der Waals surface area contributed by atoms with Crippen molar-refractivity contribution in [3.63, 3.8) is 0 Å². The molecule has 72 valence electrons. The first-order chi connectivity index (χ1) is 6.15. The number of ether oxygens (including phenoxy) is 1. The Morgan fingerprint density at radius 2 is 1.92 bits per heavy atom. The average molecular weight is 179 g/mol. The van der Waals surface area contributed by atoms with E-state index in [-0.39, 0.29) is 6.10 Å². The fourth-order valence-corrected chi connectivity index (χ4v) is 1.13. The summed E-state index contributed by atoms with van der Waals surface area (Å²) in [5.74, 6) is 0.493. The van der Waals surface area contributed by atoms with Gasteiger partial charge in [0.2, 0.25) is 0 Å². The number of pyridine rings is 1. The van der Waals surface area contributed by atoms with Crippen LogP contribution in [0.3, 0.4) is 0 Å². The molecule has 0 aliphatic carbocycles. The van der Waals surface area contributed by atoms with Gasteiger partial charge in [0.05, 0.1) is 6.10 Å². The lowest BCUT2D eigenvalue weighted by Gasteiger charge is -2.10. The number of hydrogen-bond acceptors (Lipinski definition) is 2. The number of methoxy groups -OCH3 is 1. The van der Waals surface area contributed by atoms with E-state index >= 15 is 0 Å². The van der Waals surface area contributed by atoms with Gasteiger partial charge in [0.15, 0.2) is 0 Å². The minimum absolute atomic E-state index is 0.133. The van der Waals surface area contributed by atoms with Gasteiger partial charge in [-0.25, -0.2) is 0 Å². The Balaban J connectivity index is 2.81. The number of rotatable bonds is 3. The number of aromatic nitrogens is 1. The largest absolute Gasteiger partial charge is 0.377 e. The third kappa shape index (κ3) is 2.52. The summed E-state index contributed by atoms with van der Waals surface area (Å²) in [7, 11) is 1.71. The topological polar surface area (TPSA) is 22.1 Å². The number of hydrogen-bond donors (Lipinski definition) is 0. The minimum atomic E-state index is 0.133. The molecule has 2 nitrogen and oxygen atoms in total. The predicted molar refractivity (Wildman–Crippen MR) is 53.8 cm³/mol. The van der Waals surface area contributed by atoms with Gasteiger partial charge in [0, 0.05) is 19.0 Å². The van der Waals surface area contributed by atoms with Gasteiger partial charge in [-0.1, -0.05) is 19.9 Å². The Hall–Kier alpha value is -0.890. The molecular weight excluding hydrogens is 162 g/mol. The summed E-state index contributed by atoms with van der Waals surface area (Å²) in [5.41, 5.74) is 2.26. The van der Waals surface area contributed by atoms with Crippen LogP contribution >= 0.6 is 0 Å². The van der Waals surface area contributed by atoms with E-state index in [9.17, 15) is 0 Å². The standard InChI is InChI=1S/C11H17NO/c1-8(2)11-6-5-10(7-12-11)9(3)13-4/h5-9H,1-4H3. The summed E-state index contributed by atoms with van der Waals surface area (Å²) < 4.78 is 5.20. The molecular formula is C11H17NO. The molecule has 0 aliphatic heterocycles. The zero-order valence-corrected chi connectivity index (χ0v) is 8.74. The SMILES string of the molecule is COC(C)c1ccc(C(C)C)nc1. The summed E-state index contributed by atoms with van der Waals surface area (Å²) in [6.45, 7) is 6.30. The molecule has 13 heavy (non-hydrogen) atoms. The van der Waals surface area contributed by atoms with E-state index in [1.807, 2.05) is 13.1 Å². The van der Waals surface area contributed by atoms with Gasteiger partial charge < -0.3 is 4.74 Å². The highest BCUT2D eigenvalue weighted by atomic mass is 16.5. The van der Waals surface area contributed by atoms with Crippen LogP contribution in [0.15, 0.2) is 18.3 Å². The van der Waals surface area contributed by atoms with Crippen molar-refractivity contribution in [1.29, 1.82) is 0 Å². The van der Waals surface area contributed by atoms with Crippen molar-refractivity contribution in [1.82, 2.24) is 4.98 Å². The van der Waals surface area contributed by atoms with Crippen LogP contribution in [-0.2, 0) is 4.74 Å². The molecule has 1 atom stereocenters. The third-order valence-corrected chi connectivity index (χ3v) is 2.22. The molecule has 1 rings (SSSR count). The van der Waals surface area contributed by atoms with Gasteiger partial charge in [-0.3, -0.25) is 4.98 Å². The van der Waals surface area contributed by atoms with Crippen molar-refractivity contribution in [2.75, 3.05) is 7.11 Å². The maximum absolute atomic E-state index is 5.20. The molecule has 0 aromatic carbocycles. The first kappa shape index (κ1) is 10.2. The Labute approximate surface area is 80.0 Å². The Morgan fingerprint density at radius 1 is 1.23 bits per heavy atom. The molecule has 0 amide bonds. The monoisotopic (exact) mass is 179 g/mol. The highest BCUT2D eigenvalue weighted by Gasteiger charge is 2.05. The van der Waals surface area contributed by atoms with Crippen LogP contribution in [0.4, 0.5) is 0 Å². The second-order valence-electron chi connectivity index (χ2n) is 3.55. The quantitative estimate of drug-likeness (QED) is 0.711. The molecule has 2 heteroatoms. The molecule has 1 aromatic rings. The minimum Gasteiger partial charge on any atom is -0.377 e. The van der Waals surface area contributed by atoms with E-state index in [1.165, 1.54) is 0 Å². The Bertz CT molecular complexity index is 253. The summed E-state index contributed by atoms with van der Waals surface area (Å²) in [6, 6.07) is 4.14. The second-order valence-corrected chi connectivity index (χ2v) is 3.55. The maximum Gasteiger partial charge on any atom is 0.0807 e.